The van der Waals surface area contributed by atoms with E-state index in [4.69, 9.17) is 20.6 Å². The number of hydrogen-bond donors (Lipinski definition) is 2. The number of nitrogen functional groups attached to an aromatic ring is 2. The van der Waals surface area contributed by atoms with Gasteiger partial charge < -0.3 is 25.4 Å². The molecule has 0 spiro atoms. The van der Waals surface area contributed by atoms with E-state index in [9.17, 15) is 10.1 Å². The molecule has 136 valence electrons. The van der Waals surface area contributed by atoms with E-state index >= 15 is 0 Å². The van der Waals surface area contributed by atoms with Gasteiger partial charge in [-0.1, -0.05) is 12.1 Å². The first kappa shape index (κ1) is 17.8. The van der Waals surface area contributed by atoms with E-state index in [1.54, 1.807) is 30.3 Å². The lowest BCUT2D eigenvalue weighted by Gasteiger charge is -2.12. The zero-order valence-electron chi connectivity index (χ0n) is 14.3. The Hall–Kier alpha value is -4.06. The number of carbonyl (C=O) groups is 1. The first-order valence-corrected chi connectivity index (χ1v) is 7.75. The molecule has 4 N–H and O–H groups in total. The lowest BCUT2D eigenvalue weighted by atomic mass is 10.1. The first-order valence-electron chi connectivity index (χ1n) is 7.75. The highest BCUT2D eigenvalue weighted by atomic mass is 16.5. The minimum Gasteiger partial charge on any atom is -0.485 e. The van der Waals surface area contributed by atoms with E-state index in [0.717, 1.165) is 0 Å². The molecule has 2 aromatic heterocycles. The number of hydrogen-bond acceptors (Lipinski definition) is 9. The van der Waals surface area contributed by atoms with Gasteiger partial charge in [-0.15, -0.1) is 0 Å². The number of nitriles is 1. The standard InChI is InChI=1S/C18H15N5O4/c1-25-17(24)14-7-6-10(27-14)9-26-13-5-3-2-4-11(13)15-12(8-19)16(20)23-18(21)22-15/h2-7H,9H2,1H3,(H4,20,21,22,23). The Balaban J connectivity index is 1.91. The molecule has 1 aromatic carbocycles. The fraction of sp³-hybridized carbons (Fsp3) is 0.111. The molecule has 0 aliphatic carbocycles. The number of methoxy groups -OCH3 is 1. The number of aromatic nitrogens is 2. The Morgan fingerprint density at radius 1 is 1.22 bits per heavy atom. The highest BCUT2D eigenvalue weighted by Gasteiger charge is 2.17. The number of nitrogens with two attached hydrogens (primary N) is 2. The van der Waals surface area contributed by atoms with Crippen molar-refractivity contribution in [1.82, 2.24) is 9.97 Å². The molecular formula is C18H15N5O4. The van der Waals surface area contributed by atoms with E-state index in [2.05, 4.69) is 14.7 Å². The maximum absolute atomic E-state index is 11.4. The summed E-state index contributed by atoms with van der Waals surface area (Å²) in [6.07, 6.45) is 0. The Morgan fingerprint density at radius 3 is 2.74 bits per heavy atom. The van der Waals surface area contributed by atoms with Crippen molar-refractivity contribution in [3.8, 4) is 23.1 Å². The van der Waals surface area contributed by atoms with E-state index in [1.165, 1.54) is 13.2 Å². The summed E-state index contributed by atoms with van der Waals surface area (Å²) in [5.41, 5.74) is 12.3. The van der Waals surface area contributed by atoms with Gasteiger partial charge >= 0.3 is 5.97 Å². The van der Waals surface area contributed by atoms with Crippen LogP contribution in [0.4, 0.5) is 11.8 Å². The van der Waals surface area contributed by atoms with Crippen molar-refractivity contribution in [2.75, 3.05) is 18.6 Å². The highest BCUT2D eigenvalue weighted by Crippen LogP contribution is 2.33. The van der Waals surface area contributed by atoms with Gasteiger partial charge in [-0.25, -0.2) is 9.78 Å². The molecule has 0 saturated carbocycles. The molecule has 0 fully saturated rings. The molecule has 0 amide bonds. The second-order valence-corrected chi connectivity index (χ2v) is 5.34. The van der Waals surface area contributed by atoms with Crippen LogP contribution in [-0.2, 0) is 11.3 Å². The molecule has 0 aliphatic rings. The van der Waals surface area contributed by atoms with Crippen LogP contribution in [0.15, 0.2) is 40.8 Å². The van der Waals surface area contributed by atoms with Crippen molar-refractivity contribution in [3.63, 3.8) is 0 Å². The van der Waals surface area contributed by atoms with Crippen molar-refractivity contribution in [3.05, 3.63) is 53.5 Å². The Bertz CT molecular complexity index is 1040. The molecule has 0 radical (unpaired) electrons. The van der Waals surface area contributed by atoms with E-state index in [0.29, 0.717) is 17.1 Å². The number of carbonyl (C=O) groups excluding carboxylic acids is 1. The summed E-state index contributed by atoms with van der Waals surface area (Å²) >= 11 is 0. The van der Waals surface area contributed by atoms with Crippen molar-refractivity contribution in [2.45, 2.75) is 6.61 Å². The maximum atomic E-state index is 11.4. The van der Waals surface area contributed by atoms with Crippen LogP contribution in [0, 0.1) is 11.3 Å². The molecule has 0 unspecified atom stereocenters. The molecule has 0 bridgehead atoms. The zero-order chi connectivity index (χ0) is 19.4. The van der Waals surface area contributed by atoms with Crippen LogP contribution >= 0.6 is 0 Å². The van der Waals surface area contributed by atoms with Gasteiger partial charge in [0.25, 0.3) is 0 Å². The Kier molecular flexibility index (Phi) is 4.90. The van der Waals surface area contributed by atoms with Crippen LogP contribution in [0.1, 0.15) is 21.9 Å². The van der Waals surface area contributed by atoms with Crippen molar-refractivity contribution < 1.29 is 18.7 Å². The smallest absolute Gasteiger partial charge is 0.373 e. The van der Waals surface area contributed by atoms with Crippen LogP contribution in [0.5, 0.6) is 5.75 Å². The first-order chi connectivity index (χ1) is 13.0. The topological polar surface area (TPSA) is 150 Å². The largest absolute Gasteiger partial charge is 0.485 e. The maximum Gasteiger partial charge on any atom is 0.373 e. The van der Waals surface area contributed by atoms with Crippen LogP contribution in [0.25, 0.3) is 11.3 Å². The number of nitrogens with zero attached hydrogens (tertiary/aromatic N) is 3. The van der Waals surface area contributed by atoms with Crippen LogP contribution < -0.4 is 16.2 Å². The van der Waals surface area contributed by atoms with Gasteiger partial charge in [-0.05, 0) is 24.3 Å². The van der Waals surface area contributed by atoms with Gasteiger partial charge in [0.1, 0.15) is 35.6 Å². The summed E-state index contributed by atoms with van der Waals surface area (Å²) in [6, 6.07) is 12.0. The normalized spacial score (nSPS) is 10.2. The molecule has 9 nitrogen and oxygen atoms in total. The van der Waals surface area contributed by atoms with Gasteiger partial charge in [0, 0.05) is 5.56 Å². The van der Waals surface area contributed by atoms with Crippen LogP contribution in [-0.4, -0.2) is 23.0 Å². The van der Waals surface area contributed by atoms with Gasteiger partial charge in [0.05, 0.1) is 12.8 Å². The molecule has 3 rings (SSSR count). The van der Waals surface area contributed by atoms with E-state index in [-0.39, 0.29) is 35.4 Å². The average Bonchev–Trinajstić information content (AvgIpc) is 3.14. The number of para-hydroxylation sites is 1. The van der Waals surface area contributed by atoms with Gasteiger partial charge in [-0.3, -0.25) is 0 Å². The van der Waals surface area contributed by atoms with E-state index < -0.39 is 5.97 Å². The number of furan rings is 1. The number of benzene rings is 1. The van der Waals surface area contributed by atoms with Gasteiger partial charge in [-0.2, -0.15) is 10.2 Å². The second kappa shape index (κ2) is 7.45. The minimum atomic E-state index is -0.577. The number of ether oxygens (including phenoxy) is 2. The van der Waals surface area contributed by atoms with Gasteiger partial charge in [0.2, 0.25) is 11.7 Å². The summed E-state index contributed by atoms with van der Waals surface area (Å²) < 4.78 is 15.8. The molecule has 0 saturated heterocycles. The monoisotopic (exact) mass is 365 g/mol. The molecule has 0 aliphatic heterocycles. The Labute approximate surface area is 154 Å². The molecule has 0 atom stereocenters. The third-order valence-corrected chi connectivity index (χ3v) is 3.63. The van der Waals surface area contributed by atoms with Crippen molar-refractivity contribution in [1.29, 1.82) is 5.26 Å². The molecule has 9 heteroatoms. The van der Waals surface area contributed by atoms with Gasteiger partial charge in [0.15, 0.2) is 0 Å². The van der Waals surface area contributed by atoms with Crippen LogP contribution in [0.2, 0.25) is 0 Å². The summed E-state index contributed by atoms with van der Waals surface area (Å²) in [6.45, 7) is 0.0476. The summed E-state index contributed by atoms with van der Waals surface area (Å²) in [5.74, 6) is 0.295. The predicted molar refractivity (Wildman–Crippen MR) is 95.4 cm³/mol. The average molecular weight is 365 g/mol. The fourth-order valence-corrected chi connectivity index (χ4v) is 2.40. The highest BCUT2D eigenvalue weighted by molar-refractivity contribution is 5.86. The molecule has 3 aromatic rings. The molecule has 2 heterocycles. The van der Waals surface area contributed by atoms with Crippen molar-refractivity contribution in [2.24, 2.45) is 0 Å². The lowest BCUT2D eigenvalue weighted by Crippen LogP contribution is -2.06. The quantitative estimate of drug-likeness (QED) is 0.648. The number of esters is 1. The van der Waals surface area contributed by atoms with E-state index in [1.807, 2.05) is 6.07 Å². The summed E-state index contributed by atoms with van der Waals surface area (Å²) in [7, 11) is 1.27. The fourth-order valence-electron chi connectivity index (χ4n) is 2.40. The SMILES string of the molecule is COC(=O)c1ccc(COc2ccccc2-c2nc(N)nc(N)c2C#N)o1. The Morgan fingerprint density at radius 2 is 2.00 bits per heavy atom. The van der Waals surface area contributed by atoms with Crippen LogP contribution in [0.3, 0.4) is 0 Å². The second-order valence-electron chi connectivity index (χ2n) is 5.34. The molecule has 27 heavy (non-hydrogen) atoms. The third kappa shape index (κ3) is 3.64. The minimum absolute atomic E-state index is 0.0106. The third-order valence-electron chi connectivity index (χ3n) is 3.63. The summed E-state index contributed by atoms with van der Waals surface area (Å²) in [5, 5.41) is 9.38. The number of anilines is 2. The molecular weight excluding hydrogens is 350 g/mol. The predicted octanol–water partition coefficient (Wildman–Crippen LogP) is 2.14. The summed E-state index contributed by atoms with van der Waals surface area (Å²) in [4.78, 5) is 19.4. The lowest BCUT2D eigenvalue weighted by molar-refractivity contribution is 0.0561. The van der Waals surface area contributed by atoms with Crippen molar-refractivity contribution >= 4 is 17.7 Å². The number of rotatable bonds is 5. The zero-order valence-corrected chi connectivity index (χ0v) is 14.3.